The largest absolute Gasteiger partial charge is 0.493 e. The van der Waals surface area contributed by atoms with Crippen LogP contribution in [0, 0.1) is 6.92 Å². The Morgan fingerprint density at radius 3 is 2.25 bits per heavy atom. The molecule has 4 nitrogen and oxygen atoms in total. The molecule has 1 heterocycles. The van der Waals surface area contributed by atoms with Crippen LogP contribution in [0.1, 0.15) is 5.82 Å². The molecule has 2 aromatic rings. The third kappa shape index (κ3) is 2.28. The van der Waals surface area contributed by atoms with Gasteiger partial charge < -0.3 is 9.47 Å². The minimum Gasteiger partial charge on any atom is -0.493 e. The van der Waals surface area contributed by atoms with Gasteiger partial charge in [0.2, 0.25) is 0 Å². The minimum absolute atomic E-state index is 0.593. The Bertz CT molecular complexity index is 469. The first-order valence-electron chi connectivity index (χ1n) is 4.89. The second-order valence-corrected chi connectivity index (χ2v) is 3.22. The van der Waals surface area contributed by atoms with E-state index in [1.165, 1.54) is 0 Å². The van der Waals surface area contributed by atoms with Gasteiger partial charge in [0, 0.05) is 0 Å². The van der Waals surface area contributed by atoms with Gasteiger partial charge in [-0.05, 0) is 19.1 Å². The first kappa shape index (κ1) is 10.4. The Kier molecular flexibility index (Phi) is 3.00. The van der Waals surface area contributed by atoms with Crippen molar-refractivity contribution < 1.29 is 9.47 Å². The van der Waals surface area contributed by atoms with Crippen molar-refractivity contribution in [3.05, 3.63) is 42.5 Å². The highest BCUT2D eigenvalue weighted by atomic mass is 16.5. The molecule has 0 aliphatic heterocycles. The fourth-order valence-electron chi connectivity index (χ4n) is 1.26. The number of methoxy groups -OCH3 is 1. The molecule has 0 radical (unpaired) electrons. The predicted octanol–water partition coefficient (Wildman–Crippen LogP) is 2.59. The molecule has 82 valence electrons. The van der Waals surface area contributed by atoms with Crippen LogP contribution in [0.4, 0.5) is 0 Å². The van der Waals surface area contributed by atoms with Gasteiger partial charge in [-0.2, -0.15) is 0 Å². The van der Waals surface area contributed by atoms with E-state index in [0.717, 1.165) is 0 Å². The van der Waals surface area contributed by atoms with Crippen molar-refractivity contribution in [3.63, 3.8) is 0 Å². The predicted molar refractivity (Wildman–Crippen MR) is 59.8 cm³/mol. The molecular formula is C12H12N2O2. The van der Waals surface area contributed by atoms with Crippen molar-refractivity contribution in [3.8, 4) is 17.2 Å². The number of para-hydroxylation sites is 2. The van der Waals surface area contributed by atoms with Gasteiger partial charge in [0.1, 0.15) is 5.82 Å². The highest BCUT2D eigenvalue weighted by Crippen LogP contribution is 2.29. The van der Waals surface area contributed by atoms with E-state index in [9.17, 15) is 0 Å². The Labute approximate surface area is 93.9 Å². The quantitative estimate of drug-likeness (QED) is 0.791. The van der Waals surface area contributed by atoms with E-state index < -0.39 is 0 Å². The van der Waals surface area contributed by atoms with Gasteiger partial charge in [-0.25, -0.2) is 9.97 Å². The molecule has 0 aliphatic rings. The van der Waals surface area contributed by atoms with Crippen LogP contribution in [0.2, 0.25) is 0 Å². The fourth-order valence-corrected chi connectivity index (χ4v) is 1.26. The number of hydrogen-bond donors (Lipinski definition) is 0. The Morgan fingerprint density at radius 1 is 1.00 bits per heavy atom. The molecule has 2 rings (SSSR count). The normalized spacial score (nSPS) is 9.88. The third-order valence-electron chi connectivity index (χ3n) is 2.05. The highest BCUT2D eigenvalue weighted by Gasteiger charge is 2.04. The van der Waals surface area contributed by atoms with Crippen LogP contribution in [0.15, 0.2) is 36.7 Å². The zero-order chi connectivity index (χ0) is 11.4. The Morgan fingerprint density at radius 2 is 1.62 bits per heavy atom. The molecule has 0 unspecified atom stereocenters. The van der Waals surface area contributed by atoms with E-state index in [0.29, 0.717) is 23.1 Å². The number of benzene rings is 1. The second-order valence-electron chi connectivity index (χ2n) is 3.22. The molecule has 1 aromatic carbocycles. The van der Waals surface area contributed by atoms with Crippen LogP contribution >= 0.6 is 0 Å². The van der Waals surface area contributed by atoms with Crippen molar-refractivity contribution >= 4 is 0 Å². The Hall–Kier alpha value is -2.10. The lowest BCUT2D eigenvalue weighted by molar-refractivity contribution is 0.378. The highest BCUT2D eigenvalue weighted by molar-refractivity contribution is 5.41. The standard InChI is InChI=1S/C12H12N2O2/c1-9-13-7-10(8-14-9)16-12-6-4-3-5-11(12)15-2/h3-8H,1-2H3. The number of aromatic nitrogens is 2. The van der Waals surface area contributed by atoms with Gasteiger partial charge in [-0.1, -0.05) is 12.1 Å². The first-order valence-corrected chi connectivity index (χ1v) is 4.89. The van der Waals surface area contributed by atoms with E-state index in [-0.39, 0.29) is 0 Å². The van der Waals surface area contributed by atoms with Crippen LogP contribution in [-0.2, 0) is 0 Å². The second kappa shape index (κ2) is 4.61. The molecule has 0 bridgehead atoms. The molecule has 0 spiro atoms. The number of nitrogens with zero attached hydrogens (tertiary/aromatic N) is 2. The SMILES string of the molecule is COc1ccccc1Oc1cnc(C)nc1. The van der Waals surface area contributed by atoms with Gasteiger partial charge in [0.05, 0.1) is 19.5 Å². The van der Waals surface area contributed by atoms with E-state index in [2.05, 4.69) is 9.97 Å². The van der Waals surface area contributed by atoms with Gasteiger partial charge in [0.15, 0.2) is 17.2 Å². The number of aryl methyl sites for hydroxylation is 1. The number of hydrogen-bond acceptors (Lipinski definition) is 4. The topological polar surface area (TPSA) is 44.2 Å². The van der Waals surface area contributed by atoms with Gasteiger partial charge >= 0.3 is 0 Å². The monoisotopic (exact) mass is 216 g/mol. The lowest BCUT2D eigenvalue weighted by Gasteiger charge is -2.08. The summed E-state index contributed by atoms with van der Waals surface area (Å²) in [5.74, 6) is 2.64. The minimum atomic E-state index is 0.593. The van der Waals surface area contributed by atoms with E-state index in [4.69, 9.17) is 9.47 Å². The van der Waals surface area contributed by atoms with Crippen LogP contribution in [0.5, 0.6) is 17.2 Å². The fraction of sp³-hybridized carbons (Fsp3) is 0.167. The first-order chi connectivity index (χ1) is 7.79. The van der Waals surface area contributed by atoms with E-state index >= 15 is 0 Å². The molecule has 4 heteroatoms. The average molecular weight is 216 g/mol. The van der Waals surface area contributed by atoms with Crippen molar-refractivity contribution in [1.29, 1.82) is 0 Å². The molecule has 0 saturated heterocycles. The molecular weight excluding hydrogens is 204 g/mol. The van der Waals surface area contributed by atoms with Crippen LogP contribution in [0.3, 0.4) is 0 Å². The molecule has 0 N–H and O–H groups in total. The zero-order valence-electron chi connectivity index (χ0n) is 9.18. The summed E-state index contributed by atoms with van der Waals surface area (Å²) in [6, 6.07) is 7.44. The van der Waals surface area contributed by atoms with Gasteiger partial charge in [-0.15, -0.1) is 0 Å². The Balaban J connectivity index is 2.23. The molecule has 0 saturated carbocycles. The molecule has 0 fully saturated rings. The van der Waals surface area contributed by atoms with E-state index in [1.807, 2.05) is 31.2 Å². The summed E-state index contributed by atoms with van der Waals surface area (Å²) >= 11 is 0. The third-order valence-corrected chi connectivity index (χ3v) is 2.05. The maximum absolute atomic E-state index is 5.61. The lowest BCUT2D eigenvalue weighted by Crippen LogP contribution is -1.92. The molecule has 16 heavy (non-hydrogen) atoms. The van der Waals surface area contributed by atoms with Crippen LogP contribution in [-0.4, -0.2) is 17.1 Å². The summed E-state index contributed by atoms with van der Waals surface area (Å²) in [6.07, 6.45) is 3.27. The van der Waals surface area contributed by atoms with Crippen molar-refractivity contribution in [1.82, 2.24) is 9.97 Å². The van der Waals surface area contributed by atoms with Crippen molar-refractivity contribution in [2.45, 2.75) is 6.92 Å². The smallest absolute Gasteiger partial charge is 0.169 e. The van der Waals surface area contributed by atoms with Crippen LogP contribution in [0.25, 0.3) is 0 Å². The summed E-state index contributed by atoms with van der Waals surface area (Å²) in [6.45, 7) is 1.83. The summed E-state index contributed by atoms with van der Waals surface area (Å²) < 4.78 is 10.8. The maximum atomic E-state index is 5.61. The number of ether oxygens (including phenoxy) is 2. The lowest BCUT2D eigenvalue weighted by atomic mass is 10.3. The summed E-state index contributed by atoms with van der Waals surface area (Å²) in [5.41, 5.74) is 0. The van der Waals surface area contributed by atoms with Crippen molar-refractivity contribution in [2.75, 3.05) is 7.11 Å². The molecule has 0 atom stereocenters. The van der Waals surface area contributed by atoms with Crippen molar-refractivity contribution in [2.24, 2.45) is 0 Å². The molecule has 0 aliphatic carbocycles. The molecule has 0 amide bonds. The maximum Gasteiger partial charge on any atom is 0.169 e. The summed E-state index contributed by atoms with van der Waals surface area (Å²) in [4.78, 5) is 8.11. The van der Waals surface area contributed by atoms with Gasteiger partial charge in [-0.3, -0.25) is 0 Å². The average Bonchev–Trinajstić information content (AvgIpc) is 2.33. The van der Waals surface area contributed by atoms with Crippen LogP contribution < -0.4 is 9.47 Å². The molecule has 1 aromatic heterocycles. The number of rotatable bonds is 3. The van der Waals surface area contributed by atoms with Gasteiger partial charge in [0.25, 0.3) is 0 Å². The summed E-state index contributed by atoms with van der Waals surface area (Å²) in [5, 5.41) is 0. The van der Waals surface area contributed by atoms with E-state index in [1.54, 1.807) is 19.5 Å². The zero-order valence-corrected chi connectivity index (χ0v) is 9.18. The summed E-state index contributed by atoms with van der Waals surface area (Å²) in [7, 11) is 1.60.